The van der Waals surface area contributed by atoms with Crippen LogP contribution in [0.5, 0.6) is 0 Å². The van der Waals surface area contributed by atoms with E-state index in [9.17, 15) is 4.79 Å². The van der Waals surface area contributed by atoms with Crippen LogP contribution in [0.25, 0.3) is 0 Å². The van der Waals surface area contributed by atoms with Crippen molar-refractivity contribution in [2.75, 3.05) is 13.1 Å². The highest BCUT2D eigenvalue weighted by molar-refractivity contribution is 6.33. The first-order chi connectivity index (χ1) is 9.47. The molecular weight excluding hydrogens is 297 g/mol. The Kier molecular flexibility index (Phi) is 5.30. The van der Waals surface area contributed by atoms with Crippen LogP contribution >= 0.6 is 23.2 Å². The molecule has 0 saturated carbocycles. The number of rotatable bonds is 4. The lowest BCUT2D eigenvalue weighted by molar-refractivity contribution is -0.138. The Balaban J connectivity index is 2.09. The first-order valence-electron chi connectivity index (χ1n) is 6.88. The van der Waals surface area contributed by atoms with Gasteiger partial charge in [-0.2, -0.15) is 0 Å². The van der Waals surface area contributed by atoms with Crippen molar-refractivity contribution in [2.24, 2.45) is 5.92 Å². The fraction of sp³-hybridized carbons (Fsp3) is 0.533. The molecule has 3 nitrogen and oxygen atoms in total. The van der Waals surface area contributed by atoms with Gasteiger partial charge in [0.25, 0.3) is 0 Å². The van der Waals surface area contributed by atoms with Crippen LogP contribution in [0.15, 0.2) is 18.2 Å². The van der Waals surface area contributed by atoms with Gasteiger partial charge in [0.05, 0.1) is 0 Å². The molecule has 0 amide bonds. The molecule has 1 N–H and O–H groups in total. The van der Waals surface area contributed by atoms with Crippen molar-refractivity contribution in [3.05, 3.63) is 33.8 Å². The maximum Gasteiger partial charge on any atom is 0.303 e. The molecule has 110 valence electrons. The smallest absolute Gasteiger partial charge is 0.303 e. The average Bonchev–Trinajstić information content (AvgIpc) is 2.40. The quantitative estimate of drug-likeness (QED) is 0.903. The summed E-state index contributed by atoms with van der Waals surface area (Å²) in [5.74, 6) is -0.494. The minimum atomic E-state index is -0.717. The molecule has 1 aromatic rings. The number of carboxylic acids is 1. The van der Waals surface area contributed by atoms with Gasteiger partial charge in [0, 0.05) is 29.1 Å². The summed E-state index contributed by atoms with van der Waals surface area (Å²) in [6, 6.07) is 5.64. The number of piperidine rings is 1. The van der Waals surface area contributed by atoms with Crippen molar-refractivity contribution in [3.8, 4) is 0 Å². The van der Waals surface area contributed by atoms with E-state index in [-0.39, 0.29) is 18.4 Å². The van der Waals surface area contributed by atoms with Crippen molar-refractivity contribution in [3.63, 3.8) is 0 Å². The van der Waals surface area contributed by atoms with E-state index in [1.807, 2.05) is 12.1 Å². The molecule has 0 bridgehead atoms. The largest absolute Gasteiger partial charge is 0.481 e. The normalized spacial score (nSPS) is 21.6. The highest BCUT2D eigenvalue weighted by Gasteiger charge is 2.26. The van der Waals surface area contributed by atoms with E-state index < -0.39 is 5.97 Å². The number of nitrogens with zero attached hydrogens (tertiary/aromatic N) is 1. The molecule has 1 fully saturated rings. The van der Waals surface area contributed by atoms with Gasteiger partial charge in [-0.1, -0.05) is 23.2 Å². The maximum absolute atomic E-state index is 10.9. The van der Waals surface area contributed by atoms with Gasteiger partial charge in [0.15, 0.2) is 0 Å². The zero-order valence-electron chi connectivity index (χ0n) is 11.5. The number of carbonyl (C=O) groups is 1. The van der Waals surface area contributed by atoms with Gasteiger partial charge in [-0.05, 0) is 56.0 Å². The van der Waals surface area contributed by atoms with Crippen LogP contribution in [0.4, 0.5) is 0 Å². The summed E-state index contributed by atoms with van der Waals surface area (Å²) in [6.45, 7) is 3.87. The van der Waals surface area contributed by atoms with Crippen LogP contribution < -0.4 is 0 Å². The van der Waals surface area contributed by atoms with Crippen LogP contribution in [0, 0.1) is 5.92 Å². The molecule has 1 aliphatic rings. The van der Waals surface area contributed by atoms with Gasteiger partial charge < -0.3 is 5.11 Å². The van der Waals surface area contributed by atoms with E-state index in [4.69, 9.17) is 28.3 Å². The molecule has 1 aromatic carbocycles. The Morgan fingerprint density at radius 1 is 1.50 bits per heavy atom. The van der Waals surface area contributed by atoms with Gasteiger partial charge in [-0.15, -0.1) is 0 Å². The summed E-state index contributed by atoms with van der Waals surface area (Å²) < 4.78 is 0. The van der Waals surface area contributed by atoms with E-state index in [0.29, 0.717) is 10.0 Å². The van der Waals surface area contributed by atoms with E-state index in [2.05, 4.69) is 11.8 Å². The molecular formula is C15H19Cl2NO2. The van der Waals surface area contributed by atoms with Gasteiger partial charge in [0.1, 0.15) is 0 Å². The second-order valence-electron chi connectivity index (χ2n) is 5.44. The van der Waals surface area contributed by atoms with Crippen LogP contribution in [0.3, 0.4) is 0 Å². The Bertz CT molecular complexity index is 493. The molecule has 0 radical (unpaired) electrons. The summed E-state index contributed by atoms with van der Waals surface area (Å²) in [4.78, 5) is 13.2. The number of hydrogen-bond acceptors (Lipinski definition) is 2. The van der Waals surface area contributed by atoms with Crippen LogP contribution in [0.2, 0.25) is 10.0 Å². The average molecular weight is 316 g/mol. The lowest BCUT2D eigenvalue weighted by Crippen LogP contribution is -2.38. The first kappa shape index (κ1) is 15.6. The van der Waals surface area contributed by atoms with Crippen molar-refractivity contribution < 1.29 is 9.90 Å². The van der Waals surface area contributed by atoms with E-state index in [0.717, 1.165) is 31.5 Å². The van der Waals surface area contributed by atoms with Gasteiger partial charge in [-0.3, -0.25) is 9.69 Å². The molecule has 1 heterocycles. The van der Waals surface area contributed by atoms with Gasteiger partial charge in [0.2, 0.25) is 0 Å². The molecule has 0 spiro atoms. The Morgan fingerprint density at radius 3 is 2.95 bits per heavy atom. The van der Waals surface area contributed by atoms with Gasteiger partial charge >= 0.3 is 5.97 Å². The fourth-order valence-corrected chi connectivity index (χ4v) is 3.35. The first-order valence-corrected chi connectivity index (χ1v) is 7.63. The van der Waals surface area contributed by atoms with E-state index in [1.165, 1.54) is 0 Å². The summed E-state index contributed by atoms with van der Waals surface area (Å²) in [5.41, 5.74) is 1.01. The number of likely N-dealkylation sites (tertiary alicyclic amines) is 1. The van der Waals surface area contributed by atoms with E-state index >= 15 is 0 Å². The number of halogens is 2. The zero-order valence-corrected chi connectivity index (χ0v) is 13.0. The molecule has 5 heteroatoms. The molecule has 2 rings (SSSR count). The predicted molar refractivity (Wildman–Crippen MR) is 81.4 cm³/mol. The lowest BCUT2D eigenvalue weighted by Gasteiger charge is -2.37. The second-order valence-corrected chi connectivity index (χ2v) is 6.29. The Hall–Kier alpha value is -0.770. The Morgan fingerprint density at radius 2 is 2.25 bits per heavy atom. The topological polar surface area (TPSA) is 40.5 Å². The highest BCUT2D eigenvalue weighted by atomic mass is 35.5. The summed E-state index contributed by atoms with van der Waals surface area (Å²) in [5, 5.41) is 10.3. The Labute approximate surface area is 129 Å². The zero-order chi connectivity index (χ0) is 14.7. The standard InChI is InChI=1S/C15H19Cl2NO2/c1-10(13-8-12(16)4-5-14(13)17)18-6-2-3-11(9-18)7-15(19)20/h4-5,8,10-11H,2-3,6-7,9H2,1H3,(H,19,20). The molecule has 2 unspecified atom stereocenters. The molecule has 0 aliphatic carbocycles. The van der Waals surface area contributed by atoms with Crippen molar-refractivity contribution in [1.29, 1.82) is 0 Å². The van der Waals surface area contributed by atoms with Crippen molar-refractivity contribution in [1.82, 2.24) is 4.90 Å². The summed E-state index contributed by atoms with van der Waals surface area (Å²) >= 11 is 12.3. The SMILES string of the molecule is CC(c1cc(Cl)ccc1Cl)N1CCCC(CC(=O)O)C1. The third kappa shape index (κ3) is 3.87. The fourth-order valence-electron chi connectivity index (χ4n) is 2.89. The number of carboxylic acid groups (broad SMARTS) is 1. The van der Waals surface area contributed by atoms with Gasteiger partial charge in [-0.25, -0.2) is 0 Å². The number of aliphatic carboxylic acids is 1. The molecule has 1 aliphatic heterocycles. The predicted octanol–water partition coefficient (Wildman–Crippen LogP) is 4.24. The molecule has 0 aromatic heterocycles. The third-order valence-electron chi connectivity index (χ3n) is 3.97. The lowest BCUT2D eigenvalue weighted by atomic mass is 9.93. The third-order valence-corrected chi connectivity index (χ3v) is 4.55. The minimum Gasteiger partial charge on any atom is -0.481 e. The minimum absolute atomic E-state index is 0.151. The second kappa shape index (κ2) is 6.79. The summed E-state index contributed by atoms with van der Waals surface area (Å²) in [6.07, 6.45) is 2.26. The number of hydrogen-bond donors (Lipinski definition) is 1. The van der Waals surface area contributed by atoms with Crippen LogP contribution in [0.1, 0.15) is 37.8 Å². The van der Waals surface area contributed by atoms with Crippen LogP contribution in [-0.4, -0.2) is 29.1 Å². The maximum atomic E-state index is 10.9. The van der Waals surface area contributed by atoms with E-state index in [1.54, 1.807) is 6.07 Å². The monoisotopic (exact) mass is 315 g/mol. The molecule has 2 atom stereocenters. The number of benzene rings is 1. The van der Waals surface area contributed by atoms with Crippen molar-refractivity contribution >= 4 is 29.2 Å². The summed E-state index contributed by atoms with van der Waals surface area (Å²) in [7, 11) is 0. The van der Waals surface area contributed by atoms with Crippen molar-refractivity contribution in [2.45, 2.75) is 32.2 Å². The highest BCUT2D eigenvalue weighted by Crippen LogP contribution is 2.33. The molecule has 1 saturated heterocycles. The van der Waals surface area contributed by atoms with Crippen LogP contribution in [-0.2, 0) is 4.79 Å². The molecule has 20 heavy (non-hydrogen) atoms.